The molecule has 2 aromatic carbocycles. The van der Waals surface area contributed by atoms with Gasteiger partial charge in [0.05, 0.1) is 17.9 Å². The van der Waals surface area contributed by atoms with Crippen molar-refractivity contribution in [3.63, 3.8) is 0 Å². The van der Waals surface area contributed by atoms with E-state index in [9.17, 15) is 13.2 Å². The molecule has 0 unspecified atom stereocenters. The summed E-state index contributed by atoms with van der Waals surface area (Å²) in [7, 11) is -3.58. The largest absolute Gasteiger partial charge is 0.466 e. The molecule has 0 aromatic heterocycles. The second-order valence-electron chi connectivity index (χ2n) is 4.94. The molecule has 0 bridgehead atoms. The molecule has 0 saturated carbocycles. The Labute approximate surface area is 136 Å². The minimum Gasteiger partial charge on any atom is -0.466 e. The van der Waals surface area contributed by atoms with E-state index in [1.807, 2.05) is 30.3 Å². The summed E-state index contributed by atoms with van der Waals surface area (Å²) < 4.78 is 31.9. The van der Waals surface area contributed by atoms with Crippen LogP contribution < -0.4 is 4.72 Å². The molecule has 5 nitrogen and oxygen atoms in total. The van der Waals surface area contributed by atoms with Crippen molar-refractivity contribution >= 4 is 16.0 Å². The number of nitrogens with one attached hydrogen (secondary N) is 1. The summed E-state index contributed by atoms with van der Waals surface area (Å²) in [5.41, 5.74) is 1.60. The predicted molar refractivity (Wildman–Crippen MR) is 87.2 cm³/mol. The van der Waals surface area contributed by atoms with Crippen molar-refractivity contribution in [2.75, 3.05) is 6.61 Å². The van der Waals surface area contributed by atoms with Crippen LogP contribution in [0.25, 0.3) is 0 Å². The number of benzene rings is 2. The van der Waals surface area contributed by atoms with Crippen molar-refractivity contribution in [3.05, 3.63) is 65.7 Å². The highest BCUT2D eigenvalue weighted by Gasteiger charge is 2.14. The van der Waals surface area contributed by atoms with Crippen LogP contribution in [0.4, 0.5) is 0 Å². The molecule has 0 atom stereocenters. The van der Waals surface area contributed by atoms with Gasteiger partial charge in [-0.25, -0.2) is 13.1 Å². The summed E-state index contributed by atoms with van der Waals surface area (Å²) in [6, 6.07) is 15.5. The first-order valence-corrected chi connectivity index (χ1v) is 8.78. The van der Waals surface area contributed by atoms with Gasteiger partial charge in [-0.05, 0) is 30.2 Å². The van der Waals surface area contributed by atoms with Gasteiger partial charge in [-0.3, -0.25) is 4.79 Å². The normalized spacial score (nSPS) is 11.2. The molecule has 2 rings (SSSR count). The molecule has 0 spiro atoms. The number of hydrogen-bond donors (Lipinski definition) is 1. The van der Waals surface area contributed by atoms with Crippen LogP contribution in [0.1, 0.15) is 18.1 Å². The standard InChI is InChI=1S/C17H19NO4S/c1-2-22-17(19)12-14-8-10-16(11-9-14)23(20,21)18-13-15-6-4-3-5-7-15/h3-11,18H,2,12-13H2,1H3. The molecule has 0 aliphatic heterocycles. The number of hydrogen-bond acceptors (Lipinski definition) is 4. The smallest absolute Gasteiger partial charge is 0.310 e. The Morgan fingerprint density at radius 2 is 1.65 bits per heavy atom. The molecule has 1 N–H and O–H groups in total. The van der Waals surface area contributed by atoms with Gasteiger partial charge in [-0.2, -0.15) is 0 Å². The molecule has 0 amide bonds. The number of rotatable bonds is 7. The van der Waals surface area contributed by atoms with Gasteiger partial charge in [-0.1, -0.05) is 42.5 Å². The molecular formula is C17H19NO4S. The fourth-order valence-corrected chi connectivity index (χ4v) is 3.04. The topological polar surface area (TPSA) is 72.5 Å². The average molecular weight is 333 g/mol. The number of carbonyl (C=O) groups excluding carboxylic acids is 1. The lowest BCUT2D eigenvalue weighted by Gasteiger charge is -2.08. The van der Waals surface area contributed by atoms with Crippen molar-refractivity contribution in [2.24, 2.45) is 0 Å². The lowest BCUT2D eigenvalue weighted by molar-refractivity contribution is -0.142. The van der Waals surface area contributed by atoms with Crippen LogP contribution in [0.15, 0.2) is 59.5 Å². The third-order valence-corrected chi connectivity index (χ3v) is 4.61. The van der Waals surface area contributed by atoms with E-state index in [4.69, 9.17) is 4.74 Å². The van der Waals surface area contributed by atoms with Gasteiger partial charge in [-0.15, -0.1) is 0 Å². The zero-order valence-electron chi connectivity index (χ0n) is 12.9. The monoisotopic (exact) mass is 333 g/mol. The maximum absolute atomic E-state index is 12.2. The summed E-state index contributed by atoms with van der Waals surface area (Å²) in [5.74, 6) is -0.328. The quantitative estimate of drug-likeness (QED) is 0.789. The van der Waals surface area contributed by atoms with E-state index >= 15 is 0 Å². The first-order chi connectivity index (χ1) is 11.0. The fourth-order valence-electron chi connectivity index (χ4n) is 2.02. The predicted octanol–water partition coefficient (Wildman–Crippen LogP) is 2.27. The van der Waals surface area contributed by atoms with E-state index in [1.165, 1.54) is 12.1 Å². The number of sulfonamides is 1. The zero-order valence-corrected chi connectivity index (χ0v) is 13.7. The molecule has 6 heteroatoms. The molecule has 0 aliphatic carbocycles. The highest BCUT2D eigenvalue weighted by atomic mass is 32.2. The van der Waals surface area contributed by atoms with Crippen molar-refractivity contribution in [2.45, 2.75) is 24.8 Å². The minimum absolute atomic E-state index is 0.131. The summed E-state index contributed by atoms with van der Waals surface area (Å²) >= 11 is 0. The van der Waals surface area contributed by atoms with Gasteiger partial charge in [0.25, 0.3) is 0 Å². The lowest BCUT2D eigenvalue weighted by atomic mass is 10.1. The van der Waals surface area contributed by atoms with Crippen LogP contribution in [0.5, 0.6) is 0 Å². The van der Waals surface area contributed by atoms with Crippen LogP contribution in [0.2, 0.25) is 0 Å². The van der Waals surface area contributed by atoms with Crippen LogP contribution >= 0.6 is 0 Å². The van der Waals surface area contributed by atoms with Crippen LogP contribution in [0.3, 0.4) is 0 Å². The maximum atomic E-state index is 12.2. The maximum Gasteiger partial charge on any atom is 0.310 e. The Morgan fingerprint density at radius 3 is 2.26 bits per heavy atom. The van der Waals surface area contributed by atoms with E-state index in [-0.39, 0.29) is 23.8 Å². The first-order valence-electron chi connectivity index (χ1n) is 7.29. The molecular weight excluding hydrogens is 314 g/mol. The first kappa shape index (κ1) is 17.2. The Hall–Kier alpha value is -2.18. The van der Waals surface area contributed by atoms with E-state index in [0.717, 1.165) is 5.56 Å². The van der Waals surface area contributed by atoms with Crippen LogP contribution in [0, 0.1) is 0 Å². The SMILES string of the molecule is CCOC(=O)Cc1ccc(S(=O)(=O)NCc2ccccc2)cc1. The Balaban J connectivity index is 2.01. The summed E-state index contributed by atoms with van der Waals surface area (Å²) in [6.07, 6.45) is 0.131. The fraction of sp³-hybridized carbons (Fsp3) is 0.235. The van der Waals surface area contributed by atoms with Crippen molar-refractivity contribution in [3.8, 4) is 0 Å². The highest BCUT2D eigenvalue weighted by molar-refractivity contribution is 7.89. The molecule has 23 heavy (non-hydrogen) atoms. The summed E-state index contributed by atoms with van der Waals surface area (Å²) in [6.45, 7) is 2.30. The highest BCUT2D eigenvalue weighted by Crippen LogP contribution is 2.12. The molecule has 0 heterocycles. The van der Waals surface area contributed by atoms with Crippen LogP contribution in [-0.2, 0) is 32.5 Å². The molecule has 2 aromatic rings. The third-order valence-electron chi connectivity index (χ3n) is 3.20. The molecule has 0 radical (unpaired) electrons. The van der Waals surface area contributed by atoms with Gasteiger partial charge in [0.15, 0.2) is 0 Å². The van der Waals surface area contributed by atoms with Crippen molar-refractivity contribution < 1.29 is 17.9 Å². The number of esters is 1. The van der Waals surface area contributed by atoms with E-state index in [2.05, 4.69) is 4.72 Å². The van der Waals surface area contributed by atoms with Gasteiger partial charge in [0.2, 0.25) is 10.0 Å². The Bertz CT molecular complexity index is 740. The second-order valence-corrected chi connectivity index (χ2v) is 6.70. The van der Waals surface area contributed by atoms with Gasteiger partial charge in [0.1, 0.15) is 0 Å². The molecule has 0 aliphatic rings. The van der Waals surface area contributed by atoms with E-state index in [1.54, 1.807) is 19.1 Å². The minimum atomic E-state index is -3.58. The zero-order chi connectivity index (χ0) is 16.7. The molecule has 0 fully saturated rings. The number of carbonyl (C=O) groups is 1. The molecule has 0 saturated heterocycles. The van der Waals surface area contributed by atoms with Crippen LogP contribution in [-0.4, -0.2) is 21.0 Å². The second kappa shape index (κ2) is 7.89. The van der Waals surface area contributed by atoms with Gasteiger partial charge < -0.3 is 4.74 Å². The van der Waals surface area contributed by atoms with Crippen molar-refractivity contribution in [1.82, 2.24) is 4.72 Å². The van der Waals surface area contributed by atoms with E-state index in [0.29, 0.717) is 12.2 Å². The Kier molecular flexibility index (Phi) is 5.90. The lowest BCUT2D eigenvalue weighted by Crippen LogP contribution is -2.23. The average Bonchev–Trinajstić information content (AvgIpc) is 2.55. The Morgan fingerprint density at radius 1 is 1.00 bits per heavy atom. The number of ether oxygens (including phenoxy) is 1. The molecule has 122 valence electrons. The summed E-state index contributed by atoms with van der Waals surface area (Å²) in [5, 5.41) is 0. The summed E-state index contributed by atoms with van der Waals surface area (Å²) in [4.78, 5) is 11.6. The third kappa shape index (κ3) is 5.19. The van der Waals surface area contributed by atoms with E-state index < -0.39 is 10.0 Å². The van der Waals surface area contributed by atoms with Crippen molar-refractivity contribution in [1.29, 1.82) is 0 Å². The van der Waals surface area contributed by atoms with Gasteiger partial charge in [0, 0.05) is 6.54 Å². The van der Waals surface area contributed by atoms with Gasteiger partial charge >= 0.3 is 5.97 Å².